The van der Waals surface area contributed by atoms with E-state index < -0.39 is 5.60 Å². The molecule has 7 aliphatic rings. The number of aliphatic hydroxyl groups is 4. The molecule has 0 atom stereocenters. The van der Waals surface area contributed by atoms with Crippen molar-refractivity contribution in [2.75, 3.05) is 166 Å². The summed E-state index contributed by atoms with van der Waals surface area (Å²) in [5.74, 6) is 1.07. The van der Waals surface area contributed by atoms with E-state index in [1.807, 2.05) is 27.8 Å². The Hall–Kier alpha value is -1.09. The van der Waals surface area contributed by atoms with E-state index in [1.54, 1.807) is 0 Å². The molecule has 0 spiro atoms. The van der Waals surface area contributed by atoms with Crippen molar-refractivity contribution in [3.05, 3.63) is 0 Å². The molecule has 7 fully saturated rings. The predicted molar refractivity (Wildman–Crippen MR) is 359 cm³/mol. The molecule has 7 heterocycles. The molecular formula is C68H145N11O5. The van der Waals surface area contributed by atoms with Crippen LogP contribution < -0.4 is 5.32 Å². The molecule has 0 saturated carbocycles. The molecule has 16 nitrogen and oxygen atoms in total. The van der Waals surface area contributed by atoms with Gasteiger partial charge in [0.1, 0.15) is 0 Å². The average molecular weight is 1200 g/mol. The summed E-state index contributed by atoms with van der Waals surface area (Å²) in [7, 11) is 8.56. The first-order valence-electron chi connectivity index (χ1n) is 34.0. The molecule has 16 heteroatoms. The van der Waals surface area contributed by atoms with Gasteiger partial charge in [0.15, 0.2) is 0 Å². The van der Waals surface area contributed by atoms with E-state index in [4.69, 9.17) is 10.2 Å². The molecule has 7 aliphatic heterocycles. The van der Waals surface area contributed by atoms with Gasteiger partial charge < -0.3 is 50.2 Å². The quantitative estimate of drug-likeness (QED) is 0.152. The lowest BCUT2D eigenvalue weighted by Gasteiger charge is -2.43. The zero-order valence-corrected chi connectivity index (χ0v) is 59.8. The van der Waals surface area contributed by atoms with Crippen LogP contribution in [0, 0.1) is 11.8 Å². The number of rotatable bonds is 9. The molecule has 7 rings (SSSR count). The average Bonchev–Trinajstić information content (AvgIpc) is 3.58. The van der Waals surface area contributed by atoms with Crippen molar-refractivity contribution < 1.29 is 25.2 Å². The van der Waals surface area contributed by atoms with Gasteiger partial charge in [-0.05, 0) is 262 Å². The number of carbonyl (C=O) groups excluding carboxylic acids is 1. The normalized spacial score (nSPS) is 22.9. The van der Waals surface area contributed by atoms with Crippen LogP contribution in [0.25, 0.3) is 0 Å². The number of likely N-dealkylation sites (tertiary alicyclic amines) is 5. The van der Waals surface area contributed by atoms with Gasteiger partial charge in [0.25, 0.3) is 0 Å². The zero-order valence-electron chi connectivity index (χ0n) is 59.8. The molecule has 0 aromatic rings. The predicted octanol–water partition coefficient (Wildman–Crippen LogP) is 8.06. The molecule has 502 valence electrons. The van der Waals surface area contributed by atoms with Gasteiger partial charge >= 0.3 is 0 Å². The molecule has 0 aromatic carbocycles. The van der Waals surface area contributed by atoms with E-state index in [1.165, 1.54) is 104 Å². The lowest BCUT2D eigenvalue weighted by Crippen LogP contribution is -2.53. The summed E-state index contributed by atoms with van der Waals surface area (Å²) in [6.07, 6.45) is 12.1. The molecule has 0 radical (unpaired) electrons. The molecular weight excluding hydrogens is 1050 g/mol. The minimum Gasteiger partial charge on any atom is -0.396 e. The van der Waals surface area contributed by atoms with Crippen LogP contribution in [-0.2, 0) is 4.79 Å². The first-order valence-corrected chi connectivity index (χ1v) is 34.0. The third-order valence-corrected chi connectivity index (χ3v) is 19.0. The smallest absolute Gasteiger partial charge is 0.222 e. The van der Waals surface area contributed by atoms with Crippen LogP contribution in [0.5, 0.6) is 0 Å². The standard InChI is InChI=1S/C13H27N3.C11H23NO.C10H20N2O.C10H21NO.C9H20N2.C9H19NO.C6H15NO/c1-12(2)15-6-4-13(5-7-15)16-10-8-14(3)9-11-16;1-11(2,3)12-7-4-10(5-8-12)6-9-13;1-8(2)10(13)11-9-4-6-12(3)7-5-9;1-9(2,3)11-7-5-10(4,12)6-8-11;1-9(2,3)11-7-5-10(4)6-8-11;1-9(2,3)10-6-4-8(11)5-7-10;1-6(2)7(3)4-5-8/h12-13H,4-11H2,1-3H3;10,13H,4-9H2,1-3H3;8-9H,4-7H2,1-3H3,(H,11,13);12H,5-8H2,1-4H3;5-8H2,1-4H3;8,11H,4-7H2,1-3H3;6,8H,4-5H2,1-3H3. The summed E-state index contributed by atoms with van der Waals surface area (Å²) in [4.78, 5) is 35.9. The van der Waals surface area contributed by atoms with Crippen LogP contribution in [0.3, 0.4) is 0 Å². The number of likely N-dealkylation sites (N-methyl/N-ethyl adjacent to an activating group) is 3. The maximum Gasteiger partial charge on any atom is 0.222 e. The number of carbonyl (C=O) groups is 1. The Morgan fingerprint density at radius 1 is 0.524 bits per heavy atom. The van der Waals surface area contributed by atoms with Crippen molar-refractivity contribution in [3.63, 3.8) is 0 Å². The molecule has 7 saturated heterocycles. The molecule has 0 unspecified atom stereocenters. The lowest BCUT2D eigenvalue weighted by atomic mass is 9.91. The van der Waals surface area contributed by atoms with Crippen LogP contribution in [-0.4, -0.2) is 299 Å². The molecule has 0 aliphatic carbocycles. The summed E-state index contributed by atoms with van der Waals surface area (Å²) in [6.45, 7) is 64.4. The summed E-state index contributed by atoms with van der Waals surface area (Å²) >= 11 is 0. The van der Waals surface area contributed by atoms with E-state index in [0.29, 0.717) is 29.8 Å². The van der Waals surface area contributed by atoms with Crippen molar-refractivity contribution >= 4 is 5.91 Å². The summed E-state index contributed by atoms with van der Waals surface area (Å²) in [5, 5.41) is 39.3. The fourth-order valence-corrected chi connectivity index (χ4v) is 11.6. The third kappa shape index (κ3) is 35.3. The van der Waals surface area contributed by atoms with Crippen molar-refractivity contribution in [2.24, 2.45) is 11.8 Å². The maximum atomic E-state index is 11.4. The van der Waals surface area contributed by atoms with Crippen LogP contribution in [0.1, 0.15) is 202 Å². The van der Waals surface area contributed by atoms with E-state index in [0.717, 1.165) is 109 Å². The van der Waals surface area contributed by atoms with E-state index in [2.05, 4.69) is 186 Å². The highest BCUT2D eigenvalue weighted by atomic mass is 16.3. The minimum absolute atomic E-state index is 0.0476. The molecule has 1 amide bonds. The van der Waals surface area contributed by atoms with Gasteiger partial charge in [0.2, 0.25) is 5.91 Å². The van der Waals surface area contributed by atoms with Crippen LogP contribution in [0.2, 0.25) is 0 Å². The van der Waals surface area contributed by atoms with Gasteiger partial charge in [-0.3, -0.25) is 29.3 Å². The third-order valence-electron chi connectivity index (χ3n) is 19.0. The van der Waals surface area contributed by atoms with Crippen molar-refractivity contribution in [1.82, 2.24) is 54.3 Å². The number of piperidine rings is 5. The van der Waals surface area contributed by atoms with Crippen molar-refractivity contribution in [3.8, 4) is 0 Å². The topological polar surface area (TPSA) is 142 Å². The number of nitrogens with zero attached hydrogens (tertiary/aromatic N) is 10. The number of nitrogens with one attached hydrogen (secondary N) is 1. The summed E-state index contributed by atoms with van der Waals surface area (Å²) < 4.78 is 0. The van der Waals surface area contributed by atoms with E-state index in [-0.39, 0.29) is 35.6 Å². The molecule has 84 heavy (non-hydrogen) atoms. The van der Waals surface area contributed by atoms with Crippen molar-refractivity contribution in [1.29, 1.82) is 0 Å². The molecule has 0 bridgehead atoms. The van der Waals surface area contributed by atoms with Gasteiger partial charge in [-0.1, -0.05) is 13.8 Å². The Balaban J connectivity index is 0.000000494. The van der Waals surface area contributed by atoms with Gasteiger partial charge in [-0.2, -0.15) is 0 Å². The van der Waals surface area contributed by atoms with Crippen molar-refractivity contribution in [2.45, 2.75) is 260 Å². The van der Waals surface area contributed by atoms with Gasteiger partial charge in [0, 0.05) is 144 Å². The van der Waals surface area contributed by atoms with Crippen LogP contribution in [0.15, 0.2) is 0 Å². The van der Waals surface area contributed by atoms with Crippen LogP contribution >= 0.6 is 0 Å². The molecule has 0 aromatic heterocycles. The number of hydrogen-bond acceptors (Lipinski definition) is 15. The Kier molecular flexibility index (Phi) is 38.4. The van der Waals surface area contributed by atoms with Gasteiger partial charge in [-0.25, -0.2) is 0 Å². The number of amides is 1. The lowest BCUT2D eigenvalue weighted by molar-refractivity contribution is -0.125. The highest BCUT2D eigenvalue weighted by molar-refractivity contribution is 5.78. The number of aliphatic hydroxyl groups excluding tert-OH is 3. The summed E-state index contributed by atoms with van der Waals surface area (Å²) in [5.41, 5.74) is 0.809. The van der Waals surface area contributed by atoms with E-state index in [9.17, 15) is 15.0 Å². The van der Waals surface area contributed by atoms with E-state index >= 15 is 0 Å². The Morgan fingerprint density at radius 2 is 0.905 bits per heavy atom. The Bertz CT molecular complexity index is 1590. The minimum atomic E-state index is -0.415. The van der Waals surface area contributed by atoms with Gasteiger partial charge in [0.05, 0.1) is 18.3 Å². The number of hydrogen-bond donors (Lipinski definition) is 5. The largest absolute Gasteiger partial charge is 0.396 e. The maximum absolute atomic E-state index is 11.4. The van der Waals surface area contributed by atoms with Crippen LogP contribution in [0.4, 0.5) is 0 Å². The van der Waals surface area contributed by atoms with Gasteiger partial charge in [-0.15, -0.1) is 0 Å². The first-order chi connectivity index (χ1) is 38.8. The summed E-state index contributed by atoms with van der Waals surface area (Å²) in [6, 6.07) is 2.55. The fraction of sp³-hybridized carbons (Fsp3) is 0.985. The highest BCUT2D eigenvalue weighted by Crippen LogP contribution is 2.28. The number of piperazine rings is 2. The second kappa shape index (κ2) is 39.9. The Morgan fingerprint density at radius 3 is 1.26 bits per heavy atom. The second-order valence-electron chi connectivity index (χ2n) is 31.4. The monoisotopic (exact) mass is 1200 g/mol. The second-order valence-corrected chi connectivity index (χ2v) is 31.4. The first kappa shape index (κ1) is 80.9. The highest BCUT2D eigenvalue weighted by Gasteiger charge is 2.33. The fourth-order valence-electron chi connectivity index (χ4n) is 11.6. The Labute approximate surface area is 521 Å². The SMILES string of the molecule is CC(C)(C)N1CCC(CCO)CC1.CC(C)(C)N1CCC(O)CC1.CC(C)C(=O)NC1CCN(C)CC1.CC(C)N(C)CCO.CC(C)N1CCC(N2CCN(C)CC2)CC1.CC1(O)CCN(C(C)(C)C)CC1.CN1CCN(C(C)(C)C)CC1. The molecule has 5 N–H and O–H groups in total. The zero-order chi connectivity index (χ0) is 64.2.